The summed E-state index contributed by atoms with van der Waals surface area (Å²) in [6.45, 7) is 4.32. The van der Waals surface area contributed by atoms with Crippen LogP contribution in [0.4, 0.5) is 0 Å². The first-order chi connectivity index (χ1) is 9.65. The minimum Gasteiger partial charge on any atom is -0.504 e. The van der Waals surface area contributed by atoms with E-state index in [1.165, 1.54) is 0 Å². The van der Waals surface area contributed by atoms with Crippen molar-refractivity contribution in [3.63, 3.8) is 0 Å². The van der Waals surface area contributed by atoms with Crippen molar-refractivity contribution in [2.75, 3.05) is 6.61 Å². The van der Waals surface area contributed by atoms with Gasteiger partial charge in [-0.1, -0.05) is 6.92 Å². The number of H-pyrrole nitrogens is 1. The van der Waals surface area contributed by atoms with Crippen molar-refractivity contribution >= 4 is 18.4 Å². The molecule has 0 radical (unpaired) electrons. The first-order valence-electron chi connectivity index (χ1n) is 6.32. The smallest absolute Gasteiger partial charge is 0.216 e. The van der Waals surface area contributed by atoms with Gasteiger partial charge in [-0.05, 0) is 42.9 Å². The van der Waals surface area contributed by atoms with Gasteiger partial charge in [0.2, 0.25) is 4.77 Å². The van der Waals surface area contributed by atoms with Crippen LogP contribution in [0.5, 0.6) is 11.5 Å². The number of phenols is 1. The third-order valence-electron chi connectivity index (χ3n) is 2.64. The van der Waals surface area contributed by atoms with Crippen molar-refractivity contribution in [2.24, 2.45) is 5.10 Å². The first-order valence-corrected chi connectivity index (χ1v) is 6.73. The van der Waals surface area contributed by atoms with Gasteiger partial charge in [0.05, 0.1) is 12.8 Å². The molecule has 106 valence electrons. The largest absolute Gasteiger partial charge is 0.504 e. The molecule has 0 amide bonds. The highest BCUT2D eigenvalue weighted by atomic mass is 32.1. The third kappa shape index (κ3) is 3.05. The Balaban J connectivity index is 2.29. The number of nitrogens with zero attached hydrogens (tertiary/aromatic N) is 3. The molecule has 0 bridgehead atoms. The van der Waals surface area contributed by atoms with Gasteiger partial charge in [-0.2, -0.15) is 14.9 Å². The number of aromatic nitrogens is 3. The van der Waals surface area contributed by atoms with Crippen LogP contribution >= 0.6 is 12.2 Å². The Kier molecular flexibility index (Phi) is 4.52. The van der Waals surface area contributed by atoms with E-state index < -0.39 is 0 Å². The highest BCUT2D eigenvalue weighted by molar-refractivity contribution is 7.71. The second kappa shape index (κ2) is 6.33. The SMILES string of the molecule is CCOc1cc(C=Nn2c(CC)n[nH]c2=S)ccc1O. The van der Waals surface area contributed by atoms with Crippen LogP contribution < -0.4 is 4.74 Å². The molecule has 0 aliphatic rings. The Labute approximate surface area is 121 Å². The van der Waals surface area contributed by atoms with Gasteiger partial charge in [-0.25, -0.2) is 0 Å². The molecular formula is C13H16N4O2S. The van der Waals surface area contributed by atoms with E-state index in [1.54, 1.807) is 29.1 Å². The number of aryl methyl sites for hydroxylation is 1. The molecule has 0 fully saturated rings. The van der Waals surface area contributed by atoms with Crippen LogP contribution in [0, 0.1) is 4.77 Å². The highest BCUT2D eigenvalue weighted by Crippen LogP contribution is 2.26. The molecule has 1 aromatic heterocycles. The number of benzene rings is 1. The first kappa shape index (κ1) is 14.3. The molecular weight excluding hydrogens is 276 g/mol. The number of hydrogen-bond donors (Lipinski definition) is 2. The number of nitrogens with one attached hydrogen (secondary N) is 1. The van der Waals surface area contributed by atoms with E-state index in [4.69, 9.17) is 17.0 Å². The van der Waals surface area contributed by atoms with Crippen LogP contribution in [0.3, 0.4) is 0 Å². The minimum absolute atomic E-state index is 0.109. The lowest BCUT2D eigenvalue weighted by Gasteiger charge is -2.06. The van der Waals surface area contributed by atoms with Crippen LogP contribution in [0.1, 0.15) is 25.2 Å². The minimum atomic E-state index is 0.109. The number of ether oxygens (including phenoxy) is 1. The summed E-state index contributed by atoms with van der Waals surface area (Å²) in [5, 5.41) is 20.7. The standard InChI is InChI=1S/C13H16N4O2S/c1-3-12-15-16-13(20)17(12)14-8-9-5-6-10(18)11(7-9)19-4-2/h5-8,18H,3-4H2,1-2H3,(H,16,20). The van der Waals surface area contributed by atoms with Gasteiger partial charge in [0.25, 0.3) is 0 Å². The van der Waals surface area contributed by atoms with Crippen molar-refractivity contribution < 1.29 is 9.84 Å². The summed E-state index contributed by atoms with van der Waals surface area (Å²) in [7, 11) is 0. The molecule has 2 aromatic rings. The van der Waals surface area contributed by atoms with Gasteiger partial charge in [-0.15, -0.1) is 0 Å². The van der Waals surface area contributed by atoms with E-state index in [9.17, 15) is 5.11 Å². The molecule has 0 saturated carbocycles. The van der Waals surface area contributed by atoms with Crippen LogP contribution in [0.25, 0.3) is 0 Å². The molecule has 1 heterocycles. The highest BCUT2D eigenvalue weighted by Gasteiger charge is 2.04. The fourth-order valence-corrected chi connectivity index (χ4v) is 1.88. The van der Waals surface area contributed by atoms with Gasteiger partial charge in [-0.3, -0.25) is 5.10 Å². The molecule has 20 heavy (non-hydrogen) atoms. The number of phenolic OH excluding ortho intramolecular Hbond substituents is 1. The molecule has 0 aliphatic carbocycles. The molecule has 0 saturated heterocycles. The number of aromatic hydroxyl groups is 1. The molecule has 0 spiro atoms. The van der Waals surface area contributed by atoms with Crippen molar-refractivity contribution in [1.82, 2.24) is 14.9 Å². The average molecular weight is 292 g/mol. The maximum absolute atomic E-state index is 9.64. The molecule has 7 heteroatoms. The van der Waals surface area contributed by atoms with E-state index in [1.807, 2.05) is 13.8 Å². The summed E-state index contributed by atoms with van der Waals surface area (Å²) in [6.07, 6.45) is 2.37. The predicted octanol–water partition coefficient (Wildman–Crippen LogP) is 2.49. The Morgan fingerprint density at radius 1 is 1.50 bits per heavy atom. The second-order valence-corrected chi connectivity index (χ2v) is 4.40. The van der Waals surface area contributed by atoms with Crippen LogP contribution in [0.2, 0.25) is 0 Å². The monoisotopic (exact) mass is 292 g/mol. The Morgan fingerprint density at radius 3 is 3.00 bits per heavy atom. The van der Waals surface area contributed by atoms with Crippen LogP contribution in [-0.2, 0) is 6.42 Å². The Bertz CT molecular complexity index is 675. The van der Waals surface area contributed by atoms with E-state index in [0.29, 0.717) is 17.1 Å². The molecule has 0 atom stereocenters. The molecule has 2 rings (SSSR count). The zero-order valence-electron chi connectivity index (χ0n) is 11.3. The third-order valence-corrected chi connectivity index (χ3v) is 2.90. The van der Waals surface area contributed by atoms with Crippen molar-refractivity contribution in [3.05, 3.63) is 34.4 Å². The summed E-state index contributed by atoms with van der Waals surface area (Å²) in [4.78, 5) is 0. The van der Waals surface area contributed by atoms with Gasteiger partial charge < -0.3 is 9.84 Å². The zero-order chi connectivity index (χ0) is 14.5. The van der Waals surface area contributed by atoms with Crippen LogP contribution in [0.15, 0.2) is 23.3 Å². The van der Waals surface area contributed by atoms with Crippen molar-refractivity contribution in [3.8, 4) is 11.5 Å². The van der Waals surface area contributed by atoms with Crippen molar-refractivity contribution in [1.29, 1.82) is 0 Å². The van der Waals surface area contributed by atoms with E-state index in [0.717, 1.165) is 17.8 Å². The molecule has 0 aliphatic heterocycles. The summed E-state index contributed by atoms with van der Waals surface area (Å²) in [5.41, 5.74) is 0.802. The van der Waals surface area contributed by atoms with Gasteiger partial charge >= 0.3 is 0 Å². The van der Waals surface area contributed by atoms with Gasteiger partial charge in [0.1, 0.15) is 0 Å². The molecule has 0 unspecified atom stereocenters. The maximum Gasteiger partial charge on any atom is 0.216 e. The van der Waals surface area contributed by atoms with Crippen molar-refractivity contribution in [2.45, 2.75) is 20.3 Å². The quantitative estimate of drug-likeness (QED) is 0.656. The predicted molar refractivity (Wildman–Crippen MR) is 79.1 cm³/mol. The number of aromatic amines is 1. The normalized spacial score (nSPS) is 11.1. The molecule has 2 N–H and O–H groups in total. The Morgan fingerprint density at radius 2 is 2.30 bits per heavy atom. The number of rotatable bonds is 5. The average Bonchev–Trinajstić information content (AvgIpc) is 2.80. The van der Waals surface area contributed by atoms with E-state index >= 15 is 0 Å². The van der Waals surface area contributed by atoms with E-state index in [-0.39, 0.29) is 5.75 Å². The maximum atomic E-state index is 9.64. The van der Waals surface area contributed by atoms with Gasteiger partial charge in [0, 0.05) is 6.42 Å². The van der Waals surface area contributed by atoms with E-state index in [2.05, 4.69) is 15.3 Å². The summed E-state index contributed by atoms with van der Waals surface area (Å²) in [5.74, 6) is 1.30. The topological polar surface area (TPSA) is 75.4 Å². The fourth-order valence-electron chi connectivity index (χ4n) is 1.68. The summed E-state index contributed by atoms with van der Waals surface area (Å²) >= 11 is 5.11. The molecule has 6 nitrogen and oxygen atoms in total. The lowest BCUT2D eigenvalue weighted by atomic mass is 10.2. The van der Waals surface area contributed by atoms with Gasteiger partial charge in [0.15, 0.2) is 17.3 Å². The second-order valence-electron chi connectivity index (χ2n) is 4.02. The fraction of sp³-hybridized carbons (Fsp3) is 0.308. The Hall–Kier alpha value is -2.15. The summed E-state index contributed by atoms with van der Waals surface area (Å²) < 4.78 is 7.34. The van der Waals surface area contributed by atoms with Crippen LogP contribution in [-0.4, -0.2) is 32.8 Å². The lowest BCUT2D eigenvalue weighted by Crippen LogP contribution is -1.98. The summed E-state index contributed by atoms with van der Waals surface area (Å²) in [6, 6.07) is 5.04. The zero-order valence-corrected chi connectivity index (χ0v) is 12.1. The molecule has 1 aromatic carbocycles. The lowest BCUT2D eigenvalue weighted by molar-refractivity contribution is 0.318. The number of hydrogen-bond acceptors (Lipinski definition) is 5.